The second-order valence-electron chi connectivity index (χ2n) is 5.18. The molecule has 2 aromatic rings. The van der Waals surface area contributed by atoms with E-state index in [1.807, 2.05) is 31.2 Å². The first kappa shape index (κ1) is 15.4. The van der Waals surface area contributed by atoms with E-state index in [0.717, 1.165) is 28.6 Å². The van der Waals surface area contributed by atoms with E-state index < -0.39 is 0 Å². The summed E-state index contributed by atoms with van der Waals surface area (Å²) in [7, 11) is 1.67. The molecule has 1 aromatic carbocycles. The lowest BCUT2D eigenvalue weighted by atomic mass is 10.2. The molecule has 0 atom stereocenters. The topological polar surface area (TPSA) is 77.5 Å². The molecule has 1 aliphatic heterocycles. The van der Waals surface area contributed by atoms with Crippen LogP contribution in [0.5, 0.6) is 11.5 Å². The van der Waals surface area contributed by atoms with Crippen molar-refractivity contribution in [3.8, 4) is 11.5 Å². The molecule has 3 rings (SSSR count). The molecule has 7 nitrogen and oxygen atoms in total. The lowest BCUT2D eigenvalue weighted by Gasteiger charge is -2.10. The van der Waals surface area contributed by atoms with Gasteiger partial charge in [0.1, 0.15) is 5.82 Å². The number of aromatic nitrogens is 2. The molecule has 0 fully saturated rings. The minimum Gasteiger partial charge on any atom is -0.454 e. The number of anilines is 2. The number of hydrogen-bond donors (Lipinski definition) is 2. The van der Waals surface area contributed by atoms with E-state index >= 15 is 0 Å². The molecule has 0 saturated heterocycles. The second kappa shape index (κ2) is 7.15. The lowest BCUT2D eigenvalue weighted by Crippen LogP contribution is -2.11. The summed E-state index contributed by atoms with van der Waals surface area (Å²) in [6.07, 6.45) is 0. The summed E-state index contributed by atoms with van der Waals surface area (Å²) in [4.78, 5) is 8.85. The van der Waals surface area contributed by atoms with Gasteiger partial charge in [-0.3, -0.25) is 0 Å². The molecule has 0 saturated carbocycles. The van der Waals surface area contributed by atoms with Gasteiger partial charge >= 0.3 is 0 Å². The van der Waals surface area contributed by atoms with Crippen LogP contribution < -0.4 is 20.1 Å². The van der Waals surface area contributed by atoms with Crippen molar-refractivity contribution in [1.29, 1.82) is 0 Å². The van der Waals surface area contributed by atoms with Crippen molar-refractivity contribution in [3.05, 3.63) is 35.5 Å². The summed E-state index contributed by atoms with van der Waals surface area (Å²) >= 11 is 0. The van der Waals surface area contributed by atoms with Crippen molar-refractivity contribution in [1.82, 2.24) is 9.97 Å². The average Bonchev–Trinajstić information content (AvgIpc) is 3.00. The Labute approximate surface area is 135 Å². The Morgan fingerprint density at radius 2 is 2.00 bits per heavy atom. The number of aryl methyl sites for hydroxylation is 1. The van der Waals surface area contributed by atoms with E-state index in [9.17, 15) is 0 Å². The van der Waals surface area contributed by atoms with Gasteiger partial charge in [0.15, 0.2) is 11.5 Å². The molecule has 122 valence electrons. The third-order valence-corrected chi connectivity index (χ3v) is 3.35. The number of methoxy groups -OCH3 is 1. The number of nitrogens with one attached hydrogen (secondary N) is 2. The van der Waals surface area contributed by atoms with Crippen molar-refractivity contribution in [2.24, 2.45) is 0 Å². The van der Waals surface area contributed by atoms with Gasteiger partial charge < -0.3 is 24.8 Å². The highest BCUT2D eigenvalue weighted by Gasteiger charge is 2.13. The number of nitrogens with zero attached hydrogens (tertiary/aromatic N) is 2. The molecular weight excluding hydrogens is 296 g/mol. The van der Waals surface area contributed by atoms with Crippen LogP contribution in [-0.4, -0.2) is 37.0 Å². The fraction of sp³-hybridized carbons (Fsp3) is 0.375. The lowest BCUT2D eigenvalue weighted by molar-refractivity contribution is 0.174. The van der Waals surface area contributed by atoms with Crippen LogP contribution in [0.3, 0.4) is 0 Å². The summed E-state index contributed by atoms with van der Waals surface area (Å²) in [5.74, 6) is 2.92. The predicted molar refractivity (Wildman–Crippen MR) is 87.0 cm³/mol. The first-order valence-corrected chi connectivity index (χ1v) is 7.45. The van der Waals surface area contributed by atoms with E-state index in [2.05, 4.69) is 20.6 Å². The van der Waals surface area contributed by atoms with Crippen LogP contribution in [0.25, 0.3) is 0 Å². The van der Waals surface area contributed by atoms with E-state index in [4.69, 9.17) is 14.2 Å². The molecular formula is C16H20N4O3. The molecule has 0 bridgehead atoms. The summed E-state index contributed by atoms with van der Waals surface area (Å²) < 4.78 is 15.7. The third kappa shape index (κ3) is 4.01. The average molecular weight is 316 g/mol. The van der Waals surface area contributed by atoms with Crippen LogP contribution in [0.1, 0.15) is 11.3 Å². The van der Waals surface area contributed by atoms with E-state index in [-0.39, 0.29) is 6.79 Å². The molecule has 2 heterocycles. The van der Waals surface area contributed by atoms with Crippen LogP contribution in [-0.2, 0) is 11.3 Å². The zero-order valence-corrected chi connectivity index (χ0v) is 13.3. The van der Waals surface area contributed by atoms with Crippen LogP contribution in [0.15, 0.2) is 24.3 Å². The maximum absolute atomic E-state index is 5.38. The number of hydrogen-bond acceptors (Lipinski definition) is 7. The largest absolute Gasteiger partial charge is 0.454 e. The smallest absolute Gasteiger partial charge is 0.231 e. The van der Waals surface area contributed by atoms with E-state index in [0.29, 0.717) is 25.6 Å². The Hall–Kier alpha value is -2.54. The molecule has 0 radical (unpaired) electrons. The first-order chi connectivity index (χ1) is 11.2. The molecule has 0 spiro atoms. The Morgan fingerprint density at radius 1 is 1.13 bits per heavy atom. The maximum Gasteiger partial charge on any atom is 0.231 e. The van der Waals surface area contributed by atoms with Gasteiger partial charge in [0.2, 0.25) is 12.7 Å². The van der Waals surface area contributed by atoms with E-state index in [1.165, 1.54) is 0 Å². The molecule has 0 amide bonds. The standard InChI is InChI=1S/C16H20N4O3/c1-11-7-15(17-5-6-21-2)20-16(19-11)18-9-12-3-4-13-14(8-12)23-10-22-13/h3-4,7-8H,5-6,9-10H2,1-2H3,(H2,17,18,19,20). The Kier molecular flexibility index (Phi) is 4.77. The van der Waals surface area contributed by atoms with Gasteiger partial charge in [-0.05, 0) is 24.6 Å². The summed E-state index contributed by atoms with van der Waals surface area (Å²) in [6, 6.07) is 7.77. The summed E-state index contributed by atoms with van der Waals surface area (Å²) in [5, 5.41) is 6.44. The zero-order chi connectivity index (χ0) is 16.1. The monoisotopic (exact) mass is 316 g/mol. The third-order valence-electron chi connectivity index (χ3n) is 3.35. The van der Waals surface area contributed by atoms with Crippen LogP contribution >= 0.6 is 0 Å². The van der Waals surface area contributed by atoms with Gasteiger partial charge in [0, 0.05) is 32.0 Å². The highest BCUT2D eigenvalue weighted by atomic mass is 16.7. The fourth-order valence-corrected chi connectivity index (χ4v) is 2.25. The normalized spacial score (nSPS) is 12.3. The Bertz CT molecular complexity index is 678. The van der Waals surface area contributed by atoms with Crippen molar-refractivity contribution in [2.75, 3.05) is 37.7 Å². The molecule has 0 aliphatic carbocycles. The van der Waals surface area contributed by atoms with Gasteiger partial charge in [-0.15, -0.1) is 0 Å². The van der Waals surface area contributed by atoms with Gasteiger partial charge in [0.25, 0.3) is 0 Å². The Balaban J connectivity index is 1.63. The highest BCUT2D eigenvalue weighted by molar-refractivity contribution is 5.46. The highest BCUT2D eigenvalue weighted by Crippen LogP contribution is 2.32. The Morgan fingerprint density at radius 3 is 2.87 bits per heavy atom. The predicted octanol–water partition coefficient (Wildman–Crippen LogP) is 2.18. The zero-order valence-electron chi connectivity index (χ0n) is 13.3. The van der Waals surface area contributed by atoms with Gasteiger partial charge in [-0.25, -0.2) is 4.98 Å². The molecule has 0 unspecified atom stereocenters. The number of rotatable bonds is 7. The van der Waals surface area contributed by atoms with E-state index in [1.54, 1.807) is 7.11 Å². The number of benzene rings is 1. The molecule has 23 heavy (non-hydrogen) atoms. The van der Waals surface area contributed by atoms with Gasteiger partial charge in [-0.1, -0.05) is 6.07 Å². The second-order valence-corrected chi connectivity index (χ2v) is 5.18. The quantitative estimate of drug-likeness (QED) is 0.758. The van der Waals surface area contributed by atoms with Crippen molar-refractivity contribution in [2.45, 2.75) is 13.5 Å². The number of ether oxygens (including phenoxy) is 3. The SMILES string of the molecule is COCCNc1cc(C)nc(NCc2ccc3c(c2)OCO3)n1. The minimum atomic E-state index is 0.281. The molecule has 7 heteroatoms. The first-order valence-electron chi connectivity index (χ1n) is 7.45. The maximum atomic E-state index is 5.38. The fourth-order valence-electron chi connectivity index (χ4n) is 2.25. The van der Waals surface area contributed by atoms with Crippen LogP contribution in [0, 0.1) is 6.92 Å². The number of fused-ring (bicyclic) bond motifs is 1. The minimum absolute atomic E-state index is 0.281. The molecule has 1 aliphatic rings. The van der Waals surface area contributed by atoms with Crippen molar-refractivity contribution < 1.29 is 14.2 Å². The van der Waals surface area contributed by atoms with Crippen LogP contribution in [0.4, 0.5) is 11.8 Å². The van der Waals surface area contributed by atoms with Crippen molar-refractivity contribution in [3.63, 3.8) is 0 Å². The summed E-state index contributed by atoms with van der Waals surface area (Å²) in [6.45, 7) is 4.16. The van der Waals surface area contributed by atoms with Gasteiger partial charge in [-0.2, -0.15) is 4.98 Å². The molecule has 1 aromatic heterocycles. The molecule has 2 N–H and O–H groups in total. The van der Waals surface area contributed by atoms with Crippen LogP contribution in [0.2, 0.25) is 0 Å². The van der Waals surface area contributed by atoms with Crippen molar-refractivity contribution >= 4 is 11.8 Å². The summed E-state index contributed by atoms with van der Waals surface area (Å²) in [5.41, 5.74) is 1.97. The van der Waals surface area contributed by atoms with Gasteiger partial charge in [0.05, 0.1) is 6.61 Å².